The third kappa shape index (κ3) is 1.99. The van der Waals surface area contributed by atoms with Gasteiger partial charge in [-0.15, -0.1) is 12.4 Å². The Hall–Kier alpha value is -1.48. The number of aryl methyl sites for hydroxylation is 2. The van der Waals surface area contributed by atoms with Crippen LogP contribution in [-0.2, 0) is 0 Å². The largest absolute Gasteiger partial charge is 0.365 e. The molecule has 2 heterocycles. The summed E-state index contributed by atoms with van der Waals surface area (Å²) in [6, 6.07) is 6.94. The van der Waals surface area contributed by atoms with E-state index in [1.165, 1.54) is 27.7 Å². The standard InChI is InChI=1S/C14H17N3.ClH/c1-8-4-5-12-11(6-8)13(10(3)17-12)14-15-7-9(2)16-14;/h4-6,9,17H,7H2,1-3H3,(H,15,16);1H. The van der Waals surface area contributed by atoms with Crippen molar-refractivity contribution in [2.24, 2.45) is 4.99 Å². The second-order valence-corrected chi connectivity index (χ2v) is 4.91. The van der Waals surface area contributed by atoms with Crippen LogP contribution in [0.2, 0.25) is 0 Å². The maximum atomic E-state index is 4.59. The smallest absolute Gasteiger partial charge is 0.131 e. The van der Waals surface area contributed by atoms with Gasteiger partial charge in [-0.2, -0.15) is 0 Å². The van der Waals surface area contributed by atoms with Gasteiger partial charge in [-0.25, -0.2) is 0 Å². The normalized spacial score (nSPS) is 18.4. The van der Waals surface area contributed by atoms with Crippen LogP contribution in [0.5, 0.6) is 0 Å². The van der Waals surface area contributed by atoms with Crippen molar-refractivity contribution < 1.29 is 0 Å². The van der Waals surface area contributed by atoms with Crippen molar-refractivity contribution in [1.82, 2.24) is 10.3 Å². The van der Waals surface area contributed by atoms with E-state index in [1.807, 2.05) is 0 Å². The molecule has 0 bridgehead atoms. The van der Waals surface area contributed by atoms with E-state index in [1.54, 1.807) is 0 Å². The molecule has 0 spiro atoms. The lowest BCUT2D eigenvalue weighted by Crippen LogP contribution is -2.28. The number of H-pyrrole nitrogens is 1. The Labute approximate surface area is 113 Å². The van der Waals surface area contributed by atoms with Gasteiger partial charge in [0.2, 0.25) is 0 Å². The predicted octanol–water partition coefficient (Wildman–Crippen LogP) is 2.94. The van der Waals surface area contributed by atoms with Crippen LogP contribution >= 0.6 is 12.4 Å². The van der Waals surface area contributed by atoms with E-state index in [-0.39, 0.29) is 12.4 Å². The number of benzene rings is 1. The van der Waals surface area contributed by atoms with Crippen molar-refractivity contribution >= 4 is 29.1 Å². The molecule has 3 nitrogen and oxygen atoms in total. The van der Waals surface area contributed by atoms with E-state index >= 15 is 0 Å². The van der Waals surface area contributed by atoms with Crippen molar-refractivity contribution in [3.05, 3.63) is 35.0 Å². The number of fused-ring (bicyclic) bond motifs is 1. The number of aliphatic imine (C=N–C) groups is 1. The molecule has 1 atom stereocenters. The highest BCUT2D eigenvalue weighted by Gasteiger charge is 2.19. The maximum absolute atomic E-state index is 4.59. The first-order valence-corrected chi connectivity index (χ1v) is 6.05. The highest BCUT2D eigenvalue weighted by Crippen LogP contribution is 2.24. The Morgan fingerprint density at radius 2 is 2.06 bits per heavy atom. The van der Waals surface area contributed by atoms with Gasteiger partial charge in [0.25, 0.3) is 0 Å². The highest BCUT2D eigenvalue weighted by atomic mass is 35.5. The van der Waals surface area contributed by atoms with Crippen molar-refractivity contribution in [1.29, 1.82) is 0 Å². The molecule has 3 rings (SSSR count). The molecule has 96 valence electrons. The number of amidine groups is 1. The first-order valence-electron chi connectivity index (χ1n) is 6.05. The Morgan fingerprint density at radius 3 is 2.72 bits per heavy atom. The van der Waals surface area contributed by atoms with Crippen LogP contribution in [0.25, 0.3) is 10.9 Å². The quantitative estimate of drug-likeness (QED) is 0.816. The van der Waals surface area contributed by atoms with E-state index < -0.39 is 0 Å². The molecule has 2 N–H and O–H groups in total. The molecule has 1 unspecified atom stereocenters. The number of nitrogens with one attached hydrogen (secondary N) is 2. The van der Waals surface area contributed by atoms with E-state index in [4.69, 9.17) is 0 Å². The average Bonchev–Trinajstić information content (AvgIpc) is 2.81. The zero-order chi connectivity index (χ0) is 12.0. The van der Waals surface area contributed by atoms with E-state index in [9.17, 15) is 0 Å². The monoisotopic (exact) mass is 263 g/mol. The van der Waals surface area contributed by atoms with Crippen LogP contribution in [0.1, 0.15) is 23.7 Å². The number of aromatic nitrogens is 1. The number of nitrogens with zero attached hydrogens (tertiary/aromatic N) is 1. The molecule has 1 aliphatic rings. The molecule has 1 aromatic heterocycles. The molecule has 0 saturated heterocycles. The van der Waals surface area contributed by atoms with Crippen LogP contribution in [0, 0.1) is 13.8 Å². The van der Waals surface area contributed by atoms with E-state index in [0.29, 0.717) is 6.04 Å². The first kappa shape index (κ1) is 13.0. The lowest BCUT2D eigenvalue weighted by Gasteiger charge is -2.06. The SMILES string of the molecule is Cc1ccc2[nH]c(C)c(C3=NCC(C)N3)c2c1.Cl. The van der Waals surface area contributed by atoms with Crippen molar-refractivity contribution in [2.45, 2.75) is 26.8 Å². The summed E-state index contributed by atoms with van der Waals surface area (Å²) in [4.78, 5) is 8.01. The Bertz CT molecular complexity index is 613. The van der Waals surface area contributed by atoms with E-state index in [2.05, 4.69) is 54.3 Å². The maximum Gasteiger partial charge on any atom is 0.131 e. The Balaban J connectivity index is 0.00000120. The minimum Gasteiger partial charge on any atom is -0.365 e. The van der Waals surface area contributed by atoms with Crippen molar-refractivity contribution in [2.75, 3.05) is 6.54 Å². The number of halogens is 1. The van der Waals surface area contributed by atoms with Gasteiger partial charge in [-0.05, 0) is 32.9 Å². The highest BCUT2D eigenvalue weighted by molar-refractivity contribution is 6.11. The van der Waals surface area contributed by atoms with Gasteiger partial charge >= 0.3 is 0 Å². The molecule has 4 heteroatoms. The van der Waals surface area contributed by atoms with Gasteiger partial charge in [0, 0.05) is 28.2 Å². The third-order valence-corrected chi connectivity index (χ3v) is 3.28. The molecule has 2 aromatic rings. The summed E-state index contributed by atoms with van der Waals surface area (Å²) < 4.78 is 0. The molecule has 1 aliphatic heterocycles. The summed E-state index contributed by atoms with van der Waals surface area (Å²) in [6.07, 6.45) is 0. The minimum absolute atomic E-state index is 0. The van der Waals surface area contributed by atoms with Gasteiger partial charge in [-0.3, -0.25) is 4.99 Å². The van der Waals surface area contributed by atoms with Crippen LogP contribution < -0.4 is 5.32 Å². The first-order chi connectivity index (χ1) is 8.15. The van der Waals surface area contributed by atoms with Crippen LogP contribution in [0.15, 0.2) is 23.2 Å². The molecule has 0 saturated carbocycles. The summed E-state index contributed by atoms with van der Waals surface area (Å²) >= 11 is 0. The fourth-order valence-electron chi connectivity index (χ4n) is 2.45. The molecule has 0 amide bonds. The predicted molar refractivity (Wildman–Crippen MR) is 79.0 cm³/mol. The summed E-state index contributed by atoms with van der Waals surface area (Å²) in [6.45, 7) is 7.26. The zero-order valence-electron chi connectivity index (χ0n) is 10.9. The lowest BCUT2D eigenvalue weighted by molar-refractivity contribution is 0.726. The van der Waals surface area contributed by atoms with Gasteiger partial charge in [0.15, 0.2) is 0 Å². The summed E-state index contributed by atoms with van der Waals surface area (Å²) in [5.74, 6) is 1.03. The summed E-state index contributed by atoms with van der Waals surface area (Å²) in [7, 11) is 0. The molecule has 0 radical (unpaired) electrons. The number of hydrogen-bond donors (Lipinski definition) is 2. The van der Waals surface area contributed by atoms with E-state index in [0.717, 1.165) is 12.4 Å². The zero-order valence-corrected chi connectivity index (χ0v) is 11.7. The van der Waals surface area contributed by atoms with Crippen LogP contribution in [0.3, 0.4) is 0 Å². The number of aromatic amines is 1. The molecule has 0 fully saturated rings. The average molecular weight is 264 g/mol. The fourth-order valence-corrected chi connectivity index (χ4v) is 2.45. The molecular formula is C14H18ClN3. The molecule has 18 heavy (non-hydrogen) atoms. The lowest BCUT2D eigenvalue weighted by atomic mass is 10.1. The molecule has 0 aliphatic carbocycles. The number of hydrogen-bond acceptors (Lipinski definition) is 2. The Kier molecular flexibility index (Phi) is 3.35. The molecule has 1 aromatic carbocycles. The van der Waals surface area contributed by atoms with Gasteiger partial charge in [-0.1, -0.05) is 11.6 Å². The Morgan fingerprint density at radius 1 is 1.28 bits per heavy atom. The van der Waals surface area contributed by atoms with Crippen LogP contribution in [0.4, 0.5) is 0 Å². The molecular weight excluding hydrogens is 246 g/mol. The van der Waals surface area contributed by atoms with Gasteiger partial charge in [0.1, 0.15) is 5.84 Å². The third-order valence-electron chi connectivity index (χ3n) is 3.28. The second kappa shape index (κ2) is 4.65. The van der Waals surface area contributed by atoms with Crippen molar-refractivity contribution in [3.8, 4) is 0 Å². The summed E-state index contributed by atoms with van der Waals surface area (Å²) in [5.41, 5.74) is 4.88. The van der Waals surface area contributed by atoms with Gasteiger partial charge in [0.05, 0.1) is 6.54 Å². The second-order valence-electron chi connectivity index (χ2n) is 4.91. The minimum atomic E-state index is 0. The number of rotatable bonds is 1. The van der Waals surface area contributed by atoms with Gasteiger partial charge < -0.3 is 10.3 Å². The van der Waals surface area contributed by atoms with Crippen LogP contribution in [-0.4, -0.2) is 23.4 Å². The van der Waals surface area contributed by atoms with Crippen molar-refractivity contribution in [3.63, 3.8) is 0 Å². The topological polar surface area (TPSA) is 40.2 Å². The summed E-state index contributed by atoms with van der Waals surface area (Å²) in [5, 5.41) is 4.71. The fraction of sp³-hybridized carbons (Fsp3) is 0.357.